The quantitative estimate of drug-likeness (QED) is 0.710. The standard InChI is InChI=1S/C11H17N3O3/c1-11(2,17)6-14(3)9-8(12)7(10(15)16)4-5-13-9/h4-5,17H,6,12H2,1-3H3,(H,15,16). The minimum Gasteiger partial charge on any atom is -0.478 e. The summed E-state index contributed by atoms with van der Waals surface area (Å²) in [5, 5.41) is 18.6. The summed E-state index contributed by atoms with van der Waals surface area (Å²) in [5.41, 5.74) is 4.94. The van der Waals surface area contributed by atoms with Crippen LogP contribution in [0.4, 0.5) is 11.5 Å². The van der Waals surface area contributed by atoms with Gasteiger partial charge in [-0.1, -0.05) is 0 Å². The lowest BCUT2D eigenvalue weighted by Gasteiger charge is -2.27. The van der Waals surface area contributed by atoms with E-state index in [9.17, 15) is 9.90 Å². The molecule has 1 heterocycles. The lowest BCUT2D eigenvalue weighted by atomic mass is 10.1. The van der Waals surface area contributed by atoms with Crippen LogP contribution in [0.25, 0.3) is 0 Å². The first-order chi connectivity index (χ1) is 7.72. The molecule has 94 valence electrons. The minimum atomic E-state index is -1.09. The lowest BCUT2D eigenvalue weighted by molar-refractivity contribution is 0.0698. The third-order valence-corrected chi connectivity index (χ3v) is 2.19. The van der Waals surface area contributed by atoms with Crippen molar-refractivity contribution >= 4 is 17.5 Å². The summed E-state index contributed by atoms with van der Waals surface area (Å²) < 4.78 is 0. The molecule has 4 N–H and O–H groups in total. The van der Waals surface area contributed by atoms with E-state index in [1.54, 1.807) is 25.8 Å². The van der Waals surface area contributed by atoms with Crippen molar-refractivity contribution in [1.82, 2.24) is 4.98 Å². The fraction of sp³-hybridized carbons (Fsp3) is 0.455. The first-order valence-electron chi connectivity index (χ1n) is 5.13. The summed E-state index contributed by atoms with van der Waals surface area (Å²) in [6, 6.07) is 1.35. The average Bonchev–Trinajstić information content (AvgIpc) is 2.14. The second-order valence-corrected chi connectivity index (χ2v) is 4.57. The van der Waals surface area contributed by atoms with Gasteiger partial charge in [-0.05, 0) is 19.9 Å². The summed E-state index contributed by atoms with van der Waals surface area (Å²) in [6.07, 6.45) is 1.38. The van der Waals surface area contributed by atoms with Crippen LogP contribution in [0.3, 0.4) is 0 Å². The van der Waals surface area contributed by atoms with Crippen LogP contribution in [-0.2, 0) is 0 Å². The Morgan fingerprint density at radius 3 is 2.65 bits per heavy atom. The number of carboxylic acids is 1. The first kappa shape index (κ1) is 13.2. The van der Waals surface area contributed by atoms with Gasteiger partial charge in [0.15, 0.2) is 5.82 Å². The molecule has 6 heteroatoms. The number of hydrogen-bond donors (Lipinski definition) is 3. The molecule has 0 aliphatic heterocycles. The number of likely N-dealkylation sites (N-methyl/N-ethyl adjacent to an activating group) is 1. The van der Waals surface area contributed by atoms with Crippen LogP contribution in [0.5, 0.6) is 0 Å². The molecule has 0 aliphatic rings. The number of aromatic nitrogens is 1. The molecule has 0 unspecified atom stereocenters. The number of aromatic carboxylic acids is 1. The molecule has 17 heavy (non-hydrogen) atoms. The van der Waals surface area contributed by atoms with Crippen LogP contribution in [0.2, 0.25) is 0 Å². The molecule has 0 radical (unpaired) electrons. The number of carboxylic acid groups (broad SMARTS) is 1. The molecule has 1 aromatic heterocycles. The highest BCUT2D eigenvalue weighted by Gasteiger charge is 2.20. The van der Waals surface area contributed by atoms with E-state index in [4.69, 9.17) is 10.8 Å². The summed E-state index contributed by atoms with van der Waals surface area (Å²) in [6.45, 7) is 3.61. The molecule has 6 nitrogen and oxygen atoms in total. The SMILES string of the molecule is CN(CC(C)(C)O)c1nccc(C(=O)O)c1N. The Hall–Kier alpha value is -1.82. The van der Waals surface area contributed by atoms with Crippen molar-refractivity contribution in [3.8, 4) is 0 Å². The Morgan fingerprint density at radius 2 is 2.18 bits per heavy atom. The number of aliphatic hydroxyl groups is 1. The molecule has 0 spiro atoms. The van der Waals surface area contributed by atoms with Gasteiger partial charge in [-0.25, -0.2) is 9.78 Å². The number of nitrogen functional groups attached to an aromatic ring is 1. The molecular weight excluding hydrogens is 222 g/mol. The van der Waals surface area contributed by atoms with Crippen LogP contribution in [0.15, 0.2) is 12.3 Å². The second kappa shape index (κ2) is 4.58. The number of hydrogen-bond acceptors (Lipinski definition) is 5. The monoisotopic (exact) mass is 239 g/mol. The van der Waals surface area contributed by atoms with Crippen molar-refractivity contribution in [3.63, 3.8) is 0 Å². The Balaban J connectivity index is 3.07. The molecule has 0 atom stereocenters. The highest BCUT2D eigenvalue weighted by Crippen LogP contribution is 2.24. The summed E-state index contributed by atoms with van der Waals surface area (Å²) in [7, 11) is 1.70. The van der Waals surface area contributed by atoms with Gasteiger partial charge < -0.3 is 20.8 Å². The van der Waals surface area contributed by atoms with Gasteiger partial charge >= 0.3 is 5.97 Å². The van der Waals surface area contributed by atoms with Gasteiger partial charge in [-0.15, -0.1) is 0 Å². The van der Waals surface area contributed by atoms with E-state index < -0.39 is 11.6 Å². The van der Waals surface area contributed by atoms with Crippen LogP contribution in [-0.4, -0.2) is 40.4 Å². The van der Waals surface area contributed by atoms with Crippen molar-refractivity contribution in [2.75, 3.05) is 24.2 Å². The molecule has 1 aromatic rings. The molecule has 0 amide bonds. The maximum absolute atomic E-state index is 10.9. The van der Waals surface area contributed by atoms with Gasteiger partial charge in [-0.3, -0.25) is 0 Å². The summed E-state index contributed by atoms with van der Waals surface area (Å²) in [5.74, 6) is -0.741. The highest BCUT2D eigenvalue weighted by atomic mass is 16.4. The maximum Gasteiger partial charge on any atom is 0.337 e. The van der Waals surface area contributed by atoms with Crippen molar-refractivity contribution < 1.29 is 15.0 Å². The molecule has 0 aliphatic carbocycles. The van der Waals surface area contributed by atoms with Gasteiger partial charge in [0.1, 0.15) is 0 Å². The number of nitrogens with two attached hydrogens (primary N) is 1. The van der Waals surface area contributed by atoms with E-state index in [0.717, 1.165) is 0 Å². The first-order valence-corrected chi connectivity index (χ1v) is 5.13. The summed E-state index contributed by atoms with van der Waals surface area (Å²) in [4.78, 5) is 16.6. The zero-order valence-electron chi connectivity index (χ0n) is 10.1. The van der Waals surface area contributed by atoms with E-state index in [2.05, 4.69) is 4.98 Å². The predicted molar refractivity (Wildman–Crippen MR) is 65.2 cm³/mol. The smallest absolute Gasteiger partial charge is 0.337 e. The molecule has 0 aromatic carbocycles. The molecule has 0 fully saturated rings. The molecule has 0 saturated carbocycles. The van der Waals surface area contributed by atoms with E-state index in [0.29, 0.717) is 12.4 Å². The Labute approximate surface area is 99.7 Å². The molecule has 0 saturated heterocycles. The topological polar surface area (TPSA) is 99.7 Å². The van der Waals surface area contributed by atoms with Gasteiger partial charge in [-0.2, -0.15) is 0 Å². The van der Waals surface area contributed by atoms with Crippen LogP contribution in [0.1, 0.15) is 24.2 Å². The Kier molecular flexibility index (Phi) is 3.57. The lowest BCUT2D eigenvalue weighted by Crippen LogP contribution is -2.37. The van der Waals surface area contributed by atoms with E-state index in [1.165, 1.54) is 12.3 Å². The number of rotatable bonds is 4. The highest BCUT2D eigenvalue weighted by molar-refractivity contribution is 5.96. The normalized spacial score (nSPS) is 11.3. The zero-order chi connectivity index (χ0) is 13.2. The fourth-order valence-corrected chi connectivity index (χ4v) is 1.61. The van der Waals surface area contributed by atoms with Gasteiger partial charge in [0.05, 0.1) is 16.9 Å². The van der Waals surface area contributed by atoms with Gasteiger partial charge in [0.25, 0.3) is 0 Å². The number of nitrogens with zero attached hydrogens (tertiary/aromatic N) is 2. The Bertz CT molecular complexity index is 426. The maximum atomic E-state index is 10.9. The van der Waals surface area contributed by atoms with Crippen LogP contribution < -0.4 is 10.6 Å². The van der Waals surface area contributed by atoms with Gasteiger partial charge in [0, 0.05) is 19.8 Å². The third kappa shape index (κ3) is 3.32. The third-order valence-electron chi connectivity index (χ3n) is 2.19. The molecular formula is C11H17N3O3. The zero-order valence-corrected chi connectivity index (χ0v) is 10.1. The average molecular weight is 239 g/mol. The van der Waals surface area contributed by atoms with Gasteiger partial charge in [0.2, 0.25) is 0 Å². The molecule has 1 rings (SSSR count). The van der Waals surface area contributed by atoms with Crippen LogP contribution >= 0.6 is 0 Å². The van der Waals surface area contributed by atoms with E-state index >= 15 is 0 Å². The summed E-state index contributed by atoms with van der Waals surface area (Å²) >= 11 is 0. The molecule has 0 bridgehead atoms. The van der Waals surface area contributed by atoms with E-state index in [-0.39, 0.29) is 11.3 Å². The predicted octanol–water partition coefficient (Wildman–Crippen LogP) is 0.569. The van der Waals surface area contributed by atoms with Crippen LogP contribution in [0, 0.1) is 0 Å². The van der Waals surface area contributed by atoms with Crippen molar-refractivity contribution in [1.29, 1.82) is 0 Å². The van der Waals surface area contributed by atoms with E-state index in [1.807, 2.05) is 0 Å². The van der Waals surface area contributed by atoms with Crippen molar-refractivity contribution in [2.45, 2.75) is 19.4 Å². The minimum absolute atomic E-state index is 0.0117. The number of pyridine rings is 1. The fourth-order valence-electron chi connectivity index (χ4n) is 1.61. The number of carbonyl (C=O) groups is 1. The largest absolute Gasteiger partial charge is 0.478 e. The Morgan fingerprint density at radius 1 is 1.59 bits per heavy atom. The van der Waals surface area contributed by atoms with Crippen molar-refractivity contribution in [2.24, 2.45) is 0 Å². The van der Waals surface area contributed by atoms with Crippen molar-refractivity contribution in [3.05, 3.63) is 17.8 Å². The second-order valence-electron chi connectivity index (χ2n) is 4.57. The number of anilines is 2.